The summed E-state index contributed by atoms with van der Waals surface area (Å²) in [5, 5.41) is 9.70. The highest BCUT2D eigenvalue weighted by atomic mass is 16.4. The van der Waals surface area contributed by atoms with Crippen molar-refractivity contribution < 1.29 is 19.5 Å². The highest BCUT2D eigenvalue weighted by Gasteiger charge is 2.33. The Bertz CT molecular complexity index is 507. The van der Waals surface area contributed by atoms with Crippen LogP contribution in [0.5, 0.6) is 0 Å². The Kier molecular flexibility index (Phi) is 16.5. The maximum Gasteiger partial charge on any atom is 0.326 e. The van der Waals surface area contributed by atoms with Gasteiger partial charge in [-0.15, -0.1) is 0 Å². The van der Waals surface area contributed by atoms with Crippen molar-refractivity contribution in [2.75, 3.05) is 6.54 Å². The fraction of sp³-hybridized carbons (Fsp3) is 0.818. The van der Waals surface area contributed by atoms with E-state index in [1.54, 1.807) is 0 Å². The van der Waals surface area contributed by atoms with Crippen LogP contribution in [0.25, 0.3) is 0 Å². The quantitative estimate of drug-likeness (QED) is 0.174. The van der Waals surface area contributed by atoms with Crippen molar-refractivity contribution in [2.45, 2.75) is 110 Å². The SMILES string of the molecule is CCCCCCCC(=O)N(C(=O)CCCCCCC)[C@@H](CCCN=C(N)N)C(=O)O. The first-order valence-electron chi connectivity index (χ1n) is 11.5. The van der Waals surface area contributed by atoms with Gasteiger partial charge in [0.2, 0.25) is 11.8 Å². The van der Waals surface area contributed by atoms with Gasteiger partial charge in [0.25, 0.3) is 0 Å². The summed E-state index contributed by atoms with van der Waals surface area (Å²) in [4.78, 5) is 42.4. The molecule has 5 N–H and O–H groups in total. The van der Waals surface area contributed by atoms with Gasteiger partial charge < -0.3 is 16.6 Å². The number of hydrogen-bond donors (Lipinski definition) is 3. The lowest BCUT2D eigenvalue weighted by Crippen LogP contribution is -2.48. The summed E-state index contributed by atoms with van der Waals surface area (Å²) in [5.41, 5.74) is 10.6. The molecule has 0 aliphatic heterocycles. The number of unbranched alkanes of at least 4 members (excludes halogenated alkanes) is 8. The third-order valence-corrected chi connectivity index (χ3v) is 5.05. The molecule has 0 fully saturated rings. The molecule has 1 atom stereocenters. The molecule has 0 aromatic carbocycles. The van der Waals surface area contributed by atoms with E-state index in [0.717, 1.165) is 56.3 Å². The zero-order valence-corrected chi connectivity index (χ0v) is 18.9. The number of carbonyl (C=O) groups is 3. The highest BCUT2D eigenvalue weighted by molar-refractivity contribution is 5.99. The molecule has 8 nitrogen and oxygen atoms in total. The molecule has 0 saturated carbocycles. The predicted molar refractivity (Wildman–Crippen MR) is 120 cm³/mol. The summed E-state index contributed by atoms with van der Waals surface area (Å²) in [6.07, 6.45) is 10.5. The van der Waals surface area contributed by atoms with Gasteiger partial charge in [-0.05, 0) is 25.7 Å². The minimum Gasteiger partial charge on any atom is -0.480 e. The fourth-order valence-corrected chi connectivity index (χ4v) is 3.34. The summed E-state index contributed by atoms with van der Waals surface area (Å²) < 4.78 is 0. The molecule has 0 aromatic heterocycles. The van der Waals surface area contributed by atoms with Gasteiger partial charge >= 0.3 is 5.97 Å². The van der Waals surface area contributed by atoms with Crippen molar-refractivity contribution in [1.29, 1.82) is 0 Å². The van der Waals surface area contributed by atoms with Crippen LogP contribution in [-0.2, 0) is 14.4 Å². The van der Waals surface area contributed by atoms with Crippen LogP contribution in [0.1, 0.15) is 104 Å². The van der Waals surface area contributed by atoms with Gasteiger partial charge in [-0.1, -0.05) is 65.2 Å². The molecule has 0 radical (unpaired) electrons. The number of guanidine groups is 1. The second kappa shape index (κ2) is 17.7. The second-order valence-corrected chi connectivity index (χ2v) is 7.79. The number of aliphatic imine (C=N–C) groups is 1. The number of carbonyl (C=O) groups excluding carboxylic acids is 2. The van der Waals surface area contributed by atoms with Crippen LogP contribution in [0.3, 0.4) is 0 Å². The number of carboxylic acids is 1. The minimum absolute atomic E-state index is 0.0648. The molecule has 0 rings (SSSR count). The average Bonchev–Trinajstić information content (AvgIpc) is 2.69. The number of amides is 2. The topological polar surface area (TPSA) is 139 Å². The maximum absolute atomic E-state index is 12.8. The summed E-state index contributed by atoms with van der Waals surface area (Å²) in [6, 6.07) is -1.18. The molecule has 0 aromatic rings. The van der Waals surface area contributed by atoms with Crippen LogP contribution in [0.2, 0.25) is 0 Å². The van der Waals surface area contributed by atoms with Gasteiger partial charge in [0.15, 0.2) is 5.96 Å². The number of nitrogens with two attached hydrogens (primary N) is 2. The molecule has 0 bridgehead atoms. The summed E-state index contributed by atoms with van der Waals surface area (Å²) in [5.74, 6) is -2.01. The van der Waals surface area contributed by atoms with Crippen molar-refractivity contribution in [3.8, 4) is 0 Å². The van der Waals surface area contributed by atoms with Gasteiger partial charge in [0, 0.05) is 19.4 Å². The van der Waals surface area contributed by atoms with E-state index in [-0.39, 0.29) is 43.6 Å². The van der Waals surface area contributed by atoms with Crippen LogP contribution in [0.4, 0.5) is 0 Å². The summed E-state index contributed by atoms with van der Waals surface area (Å²) in [7, 11) is 0. The van der Waals surface area contributed by atoms with E-state index in [2.05, 4.69) is 18.8 Å². The molecule has 0 spiro atoms. The average molecular weight is 427 g/mol. The van der Waals surface area contributed by atoms with E-state index in [1.165, 1.54) is 0 Å². The van der Waals surface area contributed by atoms with E-state index < -0.39 is 12.0 Å². The monoisotopic (exact) mass is 426 g/mol. The smallest absolute Gasteiger partial charge is 0.326 e. The number of imide groups is 1. The van der Waals surface area contributed by atoms with E-state index in [9.17, 15) is 19.5 Å². The van der Waals surface area contributed by atoms with Crippen LogP contribution >= 0.6 is 0 Å². The Labute approximate surface area is 181 Å². The minimum atomic E-state index is -1.18. The molecular weight excluding hydrogens is 384 g/mol. The predicted octanol–water partition coefficient (Wildman–Crippen LogP) is 3.57. The lowest BCUT2D eigenvalue weighted by Gasteiger charge is -2.27. The van der Waals surface area contributed by atoms with E-state index in [0.29, 0.717) is 19.3 Å². The number of carboxylic acid groups (broad SMARTS) is 1. The largest absolute Gasteiger partial charge is 0.480 e. The molecule has 8 heteroatoms. The summed E-state index contributed by atoms with van der Waals surface area (Å²) >= 11 is 0. The Balaban J connectivity index is 5.04. The van der Waals surface area contributed by atoms with Gasteiger partial charge in [-0.3, -0.25) is 19.5 Å². The van der Waals surface area contributed by atoms with E-state index >= 15 is 0 Å². The zero-order valence-electron chi connectivity index (χ0n) is 18.9. The normalized spacial score (nSPS) is 11.7. The van der Waals surface area contributed by atoms with Crippen LogP contribution in [0.15, 0.2) is 4.99 Å². The highest BCUT2D eigenvalue weighted by Crippen LogP contribution is 2.16. The number of aliphatic carboxylic acids is 1. The van der Waals surface area contributed by atoms with Gasteiger partial charge in [-0.25, -0.2) is 4.79 Å². The van der Waals surface area contributed by atoms with Crippen molar-refractivity contribution in [2.24, 2.45) is 16.5 Å². The van der Waals surface area contributed by atoms with Crippen LogP contribution in [0, 0.1) is 0 Å². The Morgan fingerprint density at radius 3 is 1.67 bits per heavy atom. The lowest BCUT2D eigenvalue weighted by molar-refractivity contribution is -0.158. The third kappa shape index (κ3) is 13.2. The first-order chi connectivity index (χ1) is 14.3. The third-order valence-electron chi connectivity index (χ3n) is 5.05. The molecule has 0 saturated heterocycles. The Hall–Kier alpha value is -2.12. The zero-order chi connectivity index (χ0) is 22.8. The Morgan fingerprint density at radius 2 is 1.27 bits per heavy atom. The first-order valence-corrected chi connectivity index (χ1v) is 11.5. The van der Waals surface area contributed by atoms with E-state index in [4.69, 9.17) is 11.5 Å². The molecule has 0 heterocycles. The van der Waals surface area contributed by atoms with Gasteiger partial charge in [0.1, 0.15) is 6.04 Å². The standard InChI is InChI=1S/C22H42N4O4/c1-3-5-7-9-11-15-19(27)26(20(28)16-12-10-8-6-4-2)18(21(29)30)14-13-17-25-22(23)24/h18H,3-17H2,1-2H3,(H,29,30)(H4,23,24,25)/t18-/m0/s1. The fourth-order valence-electron chi connectivity index (χ4n) is 3.34. The van der Waals surface area contributed by atoms with Crippen molar-refractivity contribution in [1.82, 2.24) is 4.90 Å². The first kappa shape index (κ1) is 27.9. The van der Waals surface area contributed by atoms with Crippen molar-refractivity contribution >= 4 is 23.7 Å². The van der Waals surface area contributed by atoms with Gasteiger partial charge in [0.05, 0.1) is 0 Å². The molecule has 0 aliphatic carbocycles. The number of rotatable bonds is 18. The molecule has 0 aliphatic rings. The van der Waals surface area contributed by atoms with Crippen molar-refractivity contribution in [3.05, 3.63) is 0 Å². The number of hydrogen-bond acceptors (Lipinski definition) is 4. The Morgan fingerprint density at radius 1 is 0.800 bits per heavy atom. The van der Waals surface area contributed by atoms with Crippen LogP contribution in [-0.4, -0.2) is 46.3 Å². The molecule has 2 amide bonds. The van der Waals surface area contributed by atoms with Gasteiger partial charge in [-0.2, -0.15) is 0 Å². The number of nitrogens with zero attached hydrogens (tertiary/aromatic N) is 2. The molecule has 30 heavy (non-hydrogen) atoms. The lowest BCUT2D eigenvalue weighted by atomic mass is 10.0. The molecular formula is C22H42N4O4. The maximum atomic E-state index is 12.8. The molecule has 0 unspecified atom stereocenters. The van der Waals surface area contributed by atoms with Crippen LogP contribution < -0.4 is 11.5 Å². The van der Waals surface area contributed by atoms with E-state index in [1.807, 2.05) is 0 Å². The summed E-state index contributed by atoms with van der Waals surface area (Å²) in [6.45, 7) is 4.49. The second-order valence-electron chi connectivity index (χ2n) is 7.79. The van der Waals surface area contributed by atoms with Crippen molar-refractivity contribution in [3.63, 3.8) is 0 Å². The molecule has 174 valence electrons.